The Bertz CT molecular complexity index is 812. The highest BCUT2D eigenvalue weighted by atomic mass is 35.5. The number of aromatic nitrogens is 2. The van der Waals surface area contributed by atoms with Crippen LogP contribution in [0.4, 0.5) is 5.82 Å². The third kappa shape index (κ3) is 5.40. The molecule has 160 valence electrons. The summed E-state index contributed by atoms with van der Waals surface area (Å²) in [5, 5.41) is 8.48. The molecule has 4 rings (SSSR count). The van der Waals surface area contributed by atoms with Crippen LogP contribution in [0.5, 0.6) is 5.75 Å². The molecule has 1 unspecified atom stereocenters. The van der Waals surface area contributed by atoms with Crippen LogP contribution in [0.3, 0.4) is 0 Å². The summed E-state index contributed by atoms with van der Waals surface area (Å²) in [5.74, 6) is 1.98. The van der Waals surface area contributed by atoms with Crippen molar-refractivity contribution in [2.24, 2.45) is 5.92 Å². The number of piperidine rings is 1. The van der Waals surface area contributed by atoms with Crippen LogP contribution < -0.4 is 9.64 Å². The number of carbonyl (C=O) groups is 1. The maximum atomic E-state index is 13.1. The van der Waals surface area contributed by atoms with Crippen molar-refractivity contribution >= 4 is 23.3 Å². The Morgan fingerprint density at radius 3 is 2.57 bits per heavy atom. The second-order valence-corrected chi connectivity index (χ2v) is 8.22. The largest absolute Gasteiger partial charge is 0.492 e. The van der Waals surface area contributed by atoms with Gasteiger partial charge in [-0.1, -0.05) is 29.8 Å². The van der Waals surface area contributed by atoms with Crippen LogP contribution in [0, 0.1) is 5.92 Å². The average Bonchev–Trinajstić information content (AvgIpc) is 2.80. The summed E-state index contributed by atoms with van der Waals surface area (Å²) in [4.78, 5) is 19.6. The Kier molecular flexibility index (Phi) is 7.02. The summed E-state index contributed by atoms with van der Waals surface area (Å²) in [5.41, 5.74) is 0. The van der Waals surface area contributed by atoms with E-state index in [1.54, 1.807) is 6.07 Å². The van der Waals surface area contributed by atoms with Crippen molar-refractivity contribution in [2.75, 3.05) is 57.3 Å². The van der Waals surface area contributed by atoms with Gasteiger partial charge in [-0.2, -0.15) is 0 Å². The van der Waals surface area contributed by atoms with Gasteiger partial charge in [0, 0.05) is 45.8 Å². The summed E-state index contributed by atoms with van der Waals surface area (Å²) < 4.78 is 5.79. The number of hydrogen-bond acceptors (Lipinski definition) is 6. The molecule has 2 aromatic rings. The molecule has 1 amide bonds. The monoisotopic (exact) mass is 429 g/mol. The molecule has 7 nitrogen and oxygen atoms in total. The quantitative estimate of drug-likeness (QED) is 0.703. The molecule has 0 saturated carbocycles. The summed E-state index contributed by atoms with van der Waals surface area (Å²) in [6, 6.07) is 13.5. The van der Waals surface area contributed by atoms with Crippen LogP contribution in [0.15, 0.2) is 42.5 Å². The summed E-state index contributed by atoms with van der Waals surface area (Å²) in [7, 11) is 0. The maximum absolute atomic E-state index is 13.1. The van der Waals surface area contributed by atoms with Crippen LogP contribution in [0.2, 0.25) is 5.15 Å². The molecule has 2 aliphatic rings. The standard InChI is InChI=1S/C22H28ClN5O2/c23-20-8-9-21(25-24-20)28-10-4-5-18(17-28)22(29)27-13-11-26(12-14-27)15-16-30-19-6-2-1-3-7-19/h1-3,6-9,18H,4-5,10-17H2. The van der Waals surface area contributed by atoms with E-state index in [0.29, 0.717) is 18.3 Å². The molecule has 30 heavy (non-hydrogen) atoms. The van der Waals surface area contributed by atoms with Gasteiger partial charge >= 0.3 is 0 Å². The molecule has 2 fully saturated rings. The van der Waals surface area contributed by atoms with Crippen LogP contribution in [0.1, 0.15) is 12.8 Å². The number of anilines is 1. The summed E-state index contributed by atoms with van der Waals surface area (Å²) >= 11 is 5.84. The lowest BCUT2D eigenvalue weighted by atomic mass is 9.96. The Labute approximate surface area is 182 Å². The predicted octanol–water partition coefficient (Wildman–Crippen LogP) is 2.57. The molecule has 1 aromatic carbocycles. The number of benzene rings is 1. The lowest BCUT2D eigenvalue weighted by Crippen LogP contribution is -2.53. The number of ether oxygens (including phenoxy) is 1. The number of amides is 1. The molecule has 0 bridgehead atoms. The van der Waals surface area contributed by atoms with E-state index >= 15 is 0 Å². The maximum Gasteiger partial charge on any atom is 0.227 e. The van der Waals surface area contributed by atoms with Crippen LogP contribution >= 0.6 is 11.6 Å². The van der Waals surface area contributed by atoms with Gasteiger partial charge in [0.15, 0.2) is 11.0 Å². The van der Waals surface area contributed by atoms with Crippen LogP contribution in [-0.4, -0.2) is 78.3 Å². The van der Waals surface area contributed by atoms with Crippen molar-refractivity contribution in [3.8, 4) is 5.75 Å². The van der Waals surface area contributed by atoms with Gasteiger partial charge in [-0.25, -0.2) is 0 Å². The van der Waals surface area contributed by atoms with Crippen molar-refractivity contribution in [1.82, 2.24) is 20.0 Å². The summed E-state index contributed by atoms with van der Waals surface area (Å²) in [6.07, 6.45) is 1.92. The van der Waals surface area contributed by atoms with Crippen molar-refractivity contribution < 1.29 is 9.53 Å². The molecule has 0 radical (unpaired) electrons. The molecule has 0 aliphatic carbocycles. The van der Waals surface area contributed by atoms with Crippen molar-refractivity contribution in [3.05, 3.63) is 47.6 Å². The molecule has 8 heteroatoms. The molecule has 2 saturated heterocycles. The molecular formula is C22H28ClN5O2. The number of hydrogen-bond donors (Lipinski definition) is 0. The van der Waals surface area contributed by atoms with Crippen LogP contribution in [-0.2, 0) is 4.79 Å². The van der Waals surface area contributed by atoms with Crippen LogP contribution in [0.25, 0.3) is 0 Å². The average molecular weight is 430 g/mol. The number of carbonyl (C=O) groups excluding carboxylic acids is 1. The van der Waals surface area contributed by atoms with Gasteiger partial charge in [-0.05, 0) is 37.1 Å². The number of para-hydroxylation sites is 1. The first-order valence-corrected chi connectivity index (χ1v) is 11.0. The predicted molar refractivity (Wildman–Crippen MR) is 117 cm³/mol. The van der Waals surface area contributed by atoms with Gasteiger partial charge in [-0.15, -0.1) is 10.2 Å². The first-order valence-electron chi connectivity index (χ1n) is 10.6. The smallest absolute Gasteiger partial charge is 0.227 e. The van der Waals surface area contributed by atoms with E-state index in [1.165, 1.54) is 0 Å². The van der Waals surface area contributed by atoms with Crippen molar-refractivity contribution in [2.45, 2.75) is 12.8 Å². The Morgan fingerprint density at radius 2 is 1.83 bits per heavy atom. The van der Waals surface area contributed by atoms with Gasteiger partial charge in [0.05, 0.1) is 5.92 Å². The van der Waals surface area contributed by atoms with E-state index in [2.05, 4.69) is 20.0 Å². The van der Waals surface area contributed by atoms with Crippen molar-refractivity contribution in [1.29, 1.82) is 0 Å². The first-order chi connectivity index (χ1) is 14.7. The number of halogens is 1. The van der Waals surface area contributed by atoms with Gasteiger partial charge in [-0.3, -0.25) is 9.69 Å². The number of piperazine rings is 1. The highest BCUT2D eigenvalue weighted by molar-refractivity contribution is 6.29. The molecule has 2 aliphatic heterocycles. The second kappa shape index (κ2) is 10.1. The van der Waals surface area contributed by atoms with E-state index in [4.69, 9.17) is 16.3 Å². The SMILES string of the molecule is O=C(C1CCCN(c2ccc(Cl)nn2)C1)N1CCN(CCOc2ccccc2)CC1. The fraction of sp³-hybridized carbons (Fsp3) is 0.500. The lowest BCUT2D eigenvalue weighted by Gasteiger charge is -2.39. The molecule has 3 heterocycles. The Morgan fingerprint density at radius 1 is 1.03 bits per heavy atom. The van der Waals surface area contributed by atoms with Gasteiger partial charge < -0.3 is 14.5 Å². The fourth-order valence-corrected chi connectivity index (χ4v) is 4.22. The van der Waals surface area contributed by atoms with Crippen molar-refractivity contribution in [3.63, 3.8) is 0 Å². The molecule has 1 aromatic heterocycles. The minimum absolute atomic E-state index is 0.0178. The molecule has 0 N–H and O–H groups in total. The highest BCUT2D eigenvalue weighted by Gasteiger charge is 2.31. The topological polar surface area (TPSA) is 61.8 Å². The third-order valence-electron chi connectivity index (χ3n) is 5.82. The molecule has 1 atom stereocenters. The minimum atomic E-state index is 0.0178. The normalized spacial score (nSPS) is 20.2. The van der Waals surface area contributed by atoms with Gasteiger partial charge in [0.25, 0.3) is 0 Å². The minimum Gasteiger partial charge on any atom is -0.492 e. The van der Waals surface area contributed by atoms with E-state index in [-0.39, 0.29) is 11.8 Å². The lowest BCUT2D eigenvalue weighted by molar-refractivity contribution is -0.137. The zero-order valence-electron chi connectivity index (χ0n) is 17.1. The van der Waals surface area contributed by atoms with E-state index in [0.717, 1.165) is 63.7 Å². The van der Waals surface area contributed by atoms with E-state index in [9.17, 15) is 4.79 Å². The zero-order valence-corrected chi connectivity index (χ0v) is 17.9. The zero-order chi connectivity index (χ0) is 20.8. The number of rotatable bonds is 6. The molecule has 0 spiro atoms. The number of nitrogens with zero attached hydrogens (tertiary/aromatic N) is 5. The van der Waals surface area contributed by atoms with Gasteiger partial charge in [0.2, 0.25) is 5.91 Å². The van der Waals surface area contributed by atoms with E-state index < -0.39 is 0 Å². The Hall–Kier alpha value is -2.38. The first kappa shape index (κ1) is 20.9. The van der Waals surface area contributed by atoms with Gasteiger partial charge in [0.1, 0.15) is 12.4 Å². The summed E-state index contributed by atoms with van der Waals surface area (Å²) in [6.45, 7) is 6.48. The second-order valence-electron chi connectivity index (χ2n) is 7.83. The van der Waals surface area contributed by atoms with E-state index in [1.807, 2.05) is 41.3 Å². The third-order valence-corrected chi connectivity index (χ3v) is 6.02. The molecular weight excluding hydrogens is 402 g/mol. The highest BCUT2D eigenvalue weighted by Crippen LogP contribution is 2.24. The fourth-order valence-electron chi connectivity index (χ4n) is 4.12. The Balaban J connectivity index is 1.22.